The van der Waals surface area contributed by atoms with E-state index in [4.69, 9.17) is 9.47 Å². The number of amidine groups is 1. The molecular weight excluding hydrogens is 463 g/mol. The molecule has 1 saturated heterocycles. The van der Waals surface area contributed by atoms with E-state index in [1.807, 2.05) is 36.4 Å². The van der Waals surface area contributed by atoms with E-state index in [9.17, 15) is 9.18 Å². The lowest BCUT2D eigenvalue weighted by molar-refractivity contribution is -0.115. The molecule has 0 radical (unpaired) electrons. The average Bonchev–Trinajstić information content (AvgIpc) is 3.22. The zero-order valence-electron chi connectivity index (χ0n) is 18.8. The molecule has 174 valence electrons. The summed E-state index contributed by atoms with van der Waals surface area (Å²) in [5.74, 6) is 0.607. The fourth-order valence-corrected chi connectivity index (χ4v) is 4.57. The molecule has 0 saturated carbocycles. The summed E-state index contributed by atoms with van der Waals surface area (Å²) in [6.45, 7) is 0.402. The Morgan fingerprint density at radius 2 is 1.77 bits per heavy atom. The predicted molar refractivity (Wildman–Crippen MR) is 138 cm³/mol. The zero-order chi connectivity index (χ0) is 24.2. The Kier molecular flexibility index (Phi) is 6.50. The maximum Gasteiger partial charge on any atom is 0.264 e. The summed E-state index contributed by atoms with van der Waals surface area (Å²) < 4.78 is 24.7. The quantitative estimate of drug-likeness (QED) is 0.319. The summed E-state index contributed by atoms with van der Waals surface area (Å²) in [5.41, 5.74) is 2.44. The van der Waals surface area contributed by atoms with Crippen LogP contribution in [0.1, 0.15) is 11.1 Å². The molecular formula is C28H21FN2O3S. The number of hydrogen-bond acceptors (Lipinski definition) is 5. The van der Waals surface area contributed by atoms with Crippen LogP contribution in [0, 0.1) is 5.82 Å². The number of amides is 1. The van der Waals surface area contributed by atoms with Crippen molar-refractivity contribution >= 4 is 45.4 Å². The molecule has 1 aliphatic rings. The molecule has 0 aromatic heterocycles. The molecule has 1 amide bonds. The SMILES string of the molecule is COc1cc(/C=C2/SC(=Nc3ccc(F)cc3)NC2=O)ccc1OCc1cccc2ccccc12. The van der Waals surface area contributed by atoms with Gasteiger partial charge in [-0.05, 0) is 76.1 Å². The molecule has 35 heavy (non-hydrogen) atoms. The predicted octanol–water partition coefficient (Wildman–Crippen LogP) is 6.46. The third-order valence-electron chi connectivity index (χ3n) is 5.46. The van der Waals surface area contributed by atoms with Gasteiger partial charge in [-0.1, -0.05) is 48.5 Å². The van der Waals surface area contributed by atoms with Crippen molar-refractivity contribution in [3.8, 4) is 11.5 Å². The van der Waals surface area contributed by atoms with Crippen LogP contribution in [0.5, 0.6) is 11.5 Å². The molecule has 0 aliphatic carbocycles. The first-order valence-corrected chi connectivity index (χ1v) is 11.7. The van der Waals surface area contributed by atoms with Gasteiger partial charge in [0.05, 0.1) is 17.7 Å². The van der Waals surface area contributed by atoms with Crippen LogP contribution in [-0.2, 0) is 11.4 Å². The van der Waals surface area contributed by atoms with E-state index in [0.29, 0.717) is 33.9 Å². The largest absolute Gasteiger partial charge is 0.493 e. The standard InChI is InChI=1S/C28H21FN2O3S/c1-33-25-15-18(16-26-27(32)31-28(35-26)30-22-12-10-21(29)11-13-22)9-14-24(25)34-17-20-7-4-6-19-5-2-3-8-23(19)20/h2-16H,17H2,1H3,(H,30,31,32)/b26-16+. The van der Waals surface area contributed by atoms with Crippen LogP contribution in [0.2, 0.25) is 0 Å². The first-order valence-electron chi connectivity index (χ1n) is 10.9. The van der Waals surface area contributed by atoms with Crippen LogP contribution in [0.3, 0.4) is 0 Å². The molecule has 5 rings (SSSR count). The molecule has 1 aliphatic heterocycles. The van der Waals surface area contributed by atoms with Crippen molar-refractivity contribution in [2.45, 2.75) is 6.61 Å². The van der Waals surface area contributed by atoms with E-state index < -0.39 is 0 Å². The van der Waals surface area contributed by atoms with Gasteiger partial charge >= 0.3 is 0 Å². The molecule has 1 fully saturated rings. The van der Waals surface area contributed by atoms with Gasteiger partial charge in [0.15, 0.2) is 16.7 Å². The van der Waals surface area contributed by atoms with E-state index in [0.717, 1.165) is 21.9 Å². The van der Waals surface area contributed by atoms with E-state index in [1.165, 1.54) is 23.9 Å². The maximum absolute atomic E-state index is 13.1. The molecule has 1 heterocycles. The van der Waals surface area contributed by atoms with Gasteiger partial charge < -0.3 is 14.8 Å². The van der Waals surface area contributed by atoms with Crippen LogP contribution in [0.4, 0.5) is 10.1 Å². The summed E-state index contributed by atoms with van der Waals surface area (Å²) in [4.78, 5) is 17.3. The lowest BCUT2D eigenvalue weighted by Crippen LogP contribution is -2.19. The smallest absolute Gasteiger partial charge is 0.264 e. The Hall–Kier alpha value is -4.10. The third-order valence-corrected chi connectivity index (χ3v) is 6.37. The second-order valence-corrected chi connectivity index (χ2v) is 8.83. The second-order valence-electron chi connectivity index (χ2n) is 7.80. The first-order chi connectivity index (χ1) is 17.1. The van der Waals surface area contributed by atoms with Gasteiger partial charge in [0.1, 0.15) is 12.4 Å². The number of carbonyl (C=O) groups excluding carboxylic acids is 1. The number of rotatable bonds is 6. The summed E-state index contributed by atoms with van der Waals surface area (Å²) in [5, 5.41) is 5.49. The van der Waals surface area contributed by atoms with Gasteiger partial charge in [0, 0.05) is 0 Å². The van der Waals surface area contributed by atoms with Crippen LogP contribution in [0.15, 0.2) is 94.8 Å². The number of nitrogens with zero attached hydrogens (tertiary/aromatic N) is 1. The zero-order valence-corrected chi connectivity index (χ0v) is 19.6. The Morgan fingerprint density at radius 3 is 2.60 bits per heavy atom. The number of nitrogens with one attached hydrogen (secondary N) is 1. The van der Waals surface area contributed by atoms with Gasteiger partial charge in [-0.15, -0.1) is 0 Å². The minimum atomic E-state index is -0.337. The topological polar surface area (TPSA) is 59.9 Å². The van der Waals surface area contributed by atoms with Crippen molar-refractivity contribution in [3.63, 3.8) is 0 Å². The summed E-state index contributed by atoms with van der Waals surface area (Å²) in [6.07, 6.45) is 1.77. The van der Waals surface area contributed by atoms with Crippen molar-refractivity contribution in [1.29, 1.82) is 0 Å². The number of hydrogen-bond donors (Lipinski definition) is 1. The summed E-state index contributed by atoms with van der Waals surface area (Å²) in [7, 11) is 1.58. The molecule has 4 aromatic carbocycles. The van der Waals surface area contributed by atoms with Crippen molar-refractivity contribution in [2.75, 3.05) is 7.11 Å². The fraction of sp³-hybridized carbons (Fsp3) is 0.0714. The molecule has 1 N–H and O–H groups in total. The Balaban J connectivity index is 1.32. The lowest BCUT2D eigenvalue weighted by atomic mass is 10.1. The Bertz CT molecular complexity index is 1460. The monoisotopic (exact) mass is 484 g/mol. The van der Waals surface area contributed by atoms with Crippen LogP contribution < -0.4 is 14.8 Å². The number of thioether (sulfide) groups is 1. The van der Waals surface area contributed by atoms with Gasteiger partial charge in [0.2, 0.25) is 0 Å². The number of carbonyl (C=O) groups is 1. The summed E-state index contributed by atoms with van der Waals surface area (Å²) in [6, 6.07) is 25.6. The summed E-state index contributed by atoms with van der Waals surface area (Å²) >= 11 is 1.22. The van der Waals surface area contributed by atoms with Crippen molar-refractivity contribution in [3.05, 3.63) is 107 Å². The highest BCUT2D eigenvalue weighted by Crippen LogP contribution is 2.33. The average molecular weight is 485 g/mol. The van der Waals surface area contributed by atoms with Gasteiger partial charge in [-0.2, -0.15) is 0 Å². The number of halogens is 1. The van der Waals surface area contributed by atoms with E-state index >= 15 is 0 Å². The highest BCUT2D eigenvalue weighted by molar-refractivity contribution is 8.18. The Labute approximate surface area is 206 Å². The van der Waals surface area contributed by atoms with E-state index in [2.05, 4.69) is 34.6 Å². The highest BCUT2D eigenvalue weighted by Gasteiger charge is 2.24. The molecule has 5 nitrogen and oxygen atoms in total. The first kappa shape index (κ1) is 22.7. The Morgan fingerprint density at radius 1 is 0.971 bits per heavy atom. The van der Waals surface area contributed by atoms with Crippen molar-refractivity contribution < 1.29 is 18.7 Å². The van der Waals surface area contributed by atoms with Gasteiger partial charge in [-0.3, -0.25) is 4.79 Å². The fourth-order valence-electron chi connectivity index (χ4n) is 3.73. The minimum absolute atomic E-state index is 0.244. The minimum Gasteiger partial charge on any atom is -0.493 e. The number of fused-ring (bicyclic) bond motifs is 1. The lowest BCUT2D eigenvalue weighted by Gasteiger charge is -2.13. The highest BCUT2D eigenvalue weighted by atomic mass is 32.2. The molecule has 0 unspecified atom stereocenters. The molecule has 0 spiro atoms. The normalized spacial score (nSPS) is 15.5. The molecule has 4 aromatic rings. The van der Waals surface area contributed by atoms with E-state index in [-0.39, 0.29) is 11.7 Å². The van der Waals surface area contributed by atoms with Crippen molar-refractivity contribution in [1.82, 2.24) is 5.32 Å². The van der Waals surface area contributed by atoms with Gasteiger partial charge in [0.25, 0.3) is 5.91 Å². The molecule has 0 atom stereocenters. The van der Waals surface area contributed by atoms with Crippen LogP contribution in [0.25, 0.3) is 16.8 Å². The number of benzene rings is 4. The number of aliphatic imine (C=N–C) groups is 1. The second kappa shape index (κ2) is 10.0. The molecule has 7 heteroatoms. The van der Waals surface area contributed by atoms with Crippen molar-refractivity contribution in [2.24, 2.45) is 4.99 Å². The number of methoxy groups -OCH3 is 1. The van der Waals surface area contributed by atoms with E-state index in [1.54, 1.807) is 25.3 Å². The maximum atomic E-state index is 13.1. The third kappa shape index (κ3) is 5.20. The van der Waals surface area contributed by atoms with Crippen LogP contribution in [-0.4, -0.2) is 18.2 Å². The van der Waals surface area contributed by atoms with Crippen LogP contribution >= 0.6 is 11.8 Å². The number of ether oxygens (including phenoxy) is 2. The van der Waals surface area contributed by atoms with Gasteiger partial charge in [-0.25, -0.2) is 9.38 Å². The molecule has 0 bridgehead atoms.